The van der Waals surface area contributed by atoms with Gasteiger partial charge in [0.25, 0.3) is 0 Å². The molecule has 1 aliphatic heterocycles. The fourth-order valence-corrected chi connectivity index (χ4v) is 4.78. The van der Waals surface area contributed by atoms with Crippen LogP contribution in [0.3, 0.4) is 0 Å². The molecular weight excluding hydrogens is 481 g/mol. The SMILES string of the molecule is COc1cc(C(C)NCCC[C@H]2C[C@@H](c3ccc(C)c(C(=O)O)c3)c3ccccc3O2)ccc1F.Cl. The molecule has 0 bridgehead atoms. The molecule has 2 N–H and O–H groups in total. The van der Waals surface area contributed by atoms with Gasteiger partial charge in [0.1, 0.15) is 5.75 Å². The number of para-hydroxylation sites is 1. The summed E-state index contributed by atoms with van der Waals surface area (Å²) in [4.78, 5) is 11.7. The van der Waals surface area contributed by atoms with E-state index in [0.29, 0.717) is 5.56 Å². The van der Waals surface area contributed by atoms with Crippen molar-refractivity contribution >= 4 is 18.4 Å². The van der Waals surface area contributed by atoms with Gasteiger partial charge in [-0.2, -0.15) is 0 Å². The van der Waals surface area contributed by atoms with E-state index < -0.39 is 5.97 Å². The van der Waals surface area contributed by atoms with Crippen molar-refractivity contribution in [1.82, 2.24) is 5.32 Å². The number of aromatic carboxylic acids is 1. The number of fused-ring (bicyclic) bond motifs is 1. The molecule has 3 atom stereocenters. The van der Waals surface area contributed by atoms with Crippen molar-refractivity contribution in [3.05, 3.63) is 94.3 Å². The third kappa shape index (κ3) is 6.18. The van der Waals surface area contributed by atoms with Crippen molar-refractivity contribution in [3.63, 3.8) is 0 Å². The van der Waals surface area contributed by atoms with Gasteiger partial charge in [-0.05, 0) is 80.6 Å². The van der Waals surface area contributed by atoms with Gasteiger partial charge in [-0.3, -0.25) is 0 Å². The van der Waals surface area contributed by atoms with Crippen LogP contribution in [0.15, 0.2) is 60.7 Å². The number of carbonyl (C=O) groups is 1. The average molecular weight is 514 g/mol. The Hall–Kier alpha value is -3.09. The van der Waals surface area contributed by atoms with Gasteiger partial charge in [0.15, 0.2) is 11.6 Å². The molecule has 4 rings (SSSR count). The quantitative estimate of drug-likeness (QED) is 0.312. The number of carboxylic acids is 1. The van der Waals surface area contributed by atoms with Crippen LogP contribution in [0.1, 0.15) is 70.8 Å². The molecule has 0 aromatic heterocycles. The zero-order valence-corrected chi connectivity index (χ0v) is 21.6. The standard InChI is InChI=1S/C29H32FNO4.ClH/c1-18-10-11-21(15-24(18)29(32)33)25-17-22(35-27-9-5-4-8-23(25)27)7-6-14-31-19(2)20-12-13-26(30)28(16-20)34-3;/h4-5,8-13,15-16,19,22,25,31H,6-7,14,17H2,1-3H3,(H,32,33);1H/t19?,22-,25-;/m0./s1. The van der Waals surface area contributed by atoms with Crippen LogP contribution >= 0.6 is 12.4 Å². The highest BCUT2D eigenvalue weighted by molar-refractivity contribution is 5.89. The van der Waals surface area contributed by atoms with Crippen LogP contribution in [0, 0.1) is 12.7 Å². The lowest BCUT2D eigenvalue weighted by Gasteiger charge is -2.33. The van der Waals surface area contributed by atoms with Crippen LogP contribution in [0.2, 0.25) is 0 Å². The van der Waals surface area contributed by atoms with Crippen LogP contribution in [-0.4, -0.2) is 30.8 Å². The summed E-state index contributed by atoms with van der Waals surface area (Å²) in [6.45, 7) is 4.66. The Morgan fingerprint density at radius 2 is 1.97 bits per heavy atom. The predicted octanol–water partition coefficient (Wildman–Crippen LogP) is 6.68. The Bertz CT molecular complexity index is 1200. The number of halogens is 2. The topological polar surface area (TPSA) is 67.8 Å². The Kier molecular flexibility index (Phi) is 9.35. The molecule has 0 spiro atoms. The molecule has 192 valence electrons. The Balaban J connectivity index is 0.00000361. The predicted molar refractivity (Wildman–Crippen MR) is 141 cm³/mol. The lowest BCUT2D eigenvalue weighted by Crippen LogP contribution is -2.28. The average Bonchev–Trinajstić information content (AvgIpc) is 2.86. The number of carboxylic acid groups (broad SMARTS) is 1. The van der Waals surface area contributed by atoms with Crippen molar-refractivity contribution < 1.29 is 23.8 Å². The van der Waals surface area contributed by atoms with E-state index in [1.54, 1.807) is 12.1 Å². The number of ether oxygens (including phenoxy) is 2. The van der Waals surface area contributed by atoms with Gasteiger partial charge in [-0.1, -0.05) is 36.4 Å². The smallest absolute Gasteiger partial charge is 0.335 e. The van der Waals surface area contributed by atoms with Gasteiger partial charge < -0.3 is 19.9 Å². The molecule has 0 fully saturated rings. The Labute approximate surface area is 218 Å². The van der Waals surface area contributed by atoms with E-state index in [0.717, 1.165) is 53.8 Å². The number of benzene rings is 3. The number of rotatable bonds is 9. The molecule has 1 heterocycles. The van der Waals surface area contributed by atoms with Gasteiger partial charge in [0.2, 0.25) is 0 Å². The third-order valence-corrected chi connectivity index (χ3v) is 6.81. The van der Waals surface area contributed by atoms with Crippen molar-refractivity contribution in [3.8, 4) is 11.5 Å². The second-order valence-electron chi connectivity index (χ2n) is 9.16. The first-order valence-electron chi connectivity index (χ1n) is 12.0. The normalized spacial score (nSPS) is 17.3. The molecule has 0 saturated heterocycles. The molecule has 1 unspecified atom stereocenters. The van der Waals surface area contributed by atoms with Crippen LogP contribution in [-0.2, 0) is 0 Å². The van der Waals surface area contributed by atoms with Crippen molar-refractivity contribution in [1.29, 1.82) is 0 Å². The molecule has 0 amide bonds. The van der Waals surface area contributed by atoms with Gasteiger partial charge in [0.05, 0.1) is 18.8 Å². The summed E-state index contributed by atoms with van der Waals surface area (Å²) < 4.78 is 25.1. The molecule has 3 aromatic rings. The van der Waals surface area contributed by atoms with Gasteiger partial charge in [0, 0.05) is 17.5 Å². The number of methoxy groups -OCH3 is 1. The van der Waals surface area contributed by atoms with E-state index in [9.17, 15) is 14.3 Å². The first kappa shape index (κ1) is 27.5. The fraction of sp³-hybridized carbons (Fsp3) is 0.345. The number of aryl methyl sites for hydroxylation is 1. The highest BCUT2D eigenvalue weighted by Crippen LogP contribution is 2.41. The van der Waals surface area contributed by atoms with Gasteiger partial charge >= 0.3 is 5.97 Å². The van der Waals surface area contributed by atoms with Gasteiger partial charge in [-0.15, -0.1) is 12.4 Å². The Morgan fingerprint density at radius 3 is 2.72 bits per heavy atom. The molecule has 3 aromatic carbocycles. The molecule has 0 saturated carbocycles. The van der Waals surface area contributed by atoms with E-state index in [2.05, 4.69) is 11.4 Å². The molecule has 0 aliphatic carbocycles. The minimum Gasteiger partial charge on any atom is -0.494 e. The molecule has 7 heteroatoms. The molecular formula is C29H33ClFNO4. The highest BCUT2D eigenvalue weighted by atomic mass is 35.5. The van der Waals surface area contributed by atoms with Crippen LogP contribution in [0.4, 0.5) is 4.39 Å². The summed E-state index contributed by atoms with van der Waals surface area (Å²) in [7, 11) is 1.47. The maximum atomic E-state index is 13.7. The lowest BCUT2D eigenvalue weighted by atomic mass is 9.82. The zero-order valence-electron chi connectivity index (χ0n) is 20.8. The third-order valence-electron chi connectivity index (χ3n) is 6.81. The molecule has 36 heavy (non-hydrogen) atoms. The van der Waals surface area contributed by atoms with Crippen LogP contribution in [0.5, 0.6) is 11.5 Å². The lowest BCUT2D eigenvalue weighted by molar-refractivity contribution is 0.0696. The molecule has 1 aliphatic rings. The summed E-state index contributed by atoms with van der Waals surface area (Å²) in [5.74, 6) is -0.0660. The largest absolute Gasteiger partial charge is 0.494 e. The summed E-state index contributed by atoms with van der Waals surface area (Å²) in [5.41, 5.74) is 4.18. The van der Waals surface area contributed by atoms with Crippen LogP contribution in [0.25, 0.3) is 0 Å². The maximum absolute atomic E-state index is 13.7. The highest BCUT2D eigenvalue weighted by Gasteiger charge is 2.29. The molecule has 5 nitrogen and oxygen atoms in total. The van der Waals surface area contributed by atoms with E-state index in [1.807, 2.05) is 50.2 Å². The summed E-state index contributed by atoms with van der Waals surface area (Å²) in [5, 5.41) is 13.1. The number of hydrogen-bond donors (Lipinski definition) is 2. The van der Waals surface area contributed by atoms with Crippen molar-refractivity contribution in [2.24, 2.45) is 0 Å². The van der Waals surface area contributed by atoms with Crippen molar-refractivity contribution in [2.75, 3.05) is 13.7 Å². The maximum Gasteiger partial charge on any atom is 0.335 e. The van der Waals surface area contributed by atoms with E-state index in [1.165, 1.54) is 13.2 Å². The second kappa shape index (κ2) is 12.2. The minimum atomic E-state index is -0.903. The minimum absolute atomic E-state index is 0. The van der Waals surface area contributed by atoms with Gasteiger partial charge in [-0.25, -0.2) is 9.18 Å². The fourth-order valence-electron chi connectivity index (χ4n) is 4.78. The number of nitrogens with one attached hydrogen (secondary N) is 1. The summed E-state index contributed by atoms with van der Waals surface area (Å²) >= 11 is 0. The summed E-state index contributed by atoms with van der Waals surface area (Å²) in [6.07, 6.45) is 2.61. The van der Waals surface area contributed by atoms with Crippen molar-refractivity contribution in [2.45, 2.75) is 51.2 Å². The van der Waals surface area contributed by atoms with E-state index >= 15 is 0 Å². The number of hydrogen-bond acceptors (Lipinski definition) is 4. The second-order valence-corrected chi connectivity index (χ2v) is 9.16. The molecule has 0 radical (unpaired) electrons. The summed E-state index contributed by atoms with van der Waals surface area (Å²) in [6, 6.07) is 18.7. The van der Waals surface area contributed by atoms with Crippen LogP contribution < -0.4 is 14.8 Å². The first-order chi connectivity index (χ1) is 16.9. The Morgan fingerprint density at radius 1 is 1.19 bits per heavy atom. The van der Waals surface area contributed by atoms with E-state index in [4.69, 9.17) is 9.47 Å². The van der Waals surface area contributed by atoms with E-state index in [-0.39, 0.29) is 42.0 Å². The monoisotopic (exact) mass is 513 g/mol. The zero-order chi connectivity index (χ0) is 24.9. The first-order valence-corrected chi connectivity index (χ1v) is 12.0.